The van der Waals surface area contributed by atoms with Gasteiger partial charge in [-0.05, 0) is 6.07 Å². The third-order valence-corrected chi connectivity index (χ3v) is 5.15. The second kappa shape index (κ2) is 7.03. The van der Waals surface area contributed by atoms with E-state index in [0.29, 0.717) is 19.6 Å². The third kappa shape index (κ3) is 3.66. The van der Waals surface area contributed by atoms with E-state index in [9.17, 15) is 14.4 Å². The van der Waals surface area contributed by atoms with Gasteiger partial charge in [0.2, 0.25) is 5.91 Å². The van der Waals surface area contributed by atoms with Gasteiger partial charge in [0.1, 0.15) is 17.9 Å². The summed E-state index contributed by atoms with van der Waals surface area (Å²) in [6, 6.07) is 8.69. The van der Waals surface area contributed by atoms with E-state index < -0.39 is 11.2 Å². The van der Waals surface area contributed by atoms with Gasteiger partial charge in [-0.25, -0.2) is 4.79 Å². The molecule has 3 heterocycles. The highest BCUT2D eigenvalue weighted by atomic mass is 16.5. The molecule has 0 aliphatic carbocycles. The monoisotopic (exact) mass is 371 g/mol. The number of amides is 1. The molecule has 1 fully saturated rings. The van der Waals surface area contributed by atoms with E-state index in [-0.39, 0.29) is 24.1 Å². The molecule has 1 saturated heterocycles. The molecule has 1 spiro atoms. The first-order chi connectivity index (χ1) is 13.0. The molecule has 8 heteroatoms. The van der Waals surface area contributed by atoms with Gasteiger partial charge >= 0.3 is 5.69 Å². The summed E-state index contributed by atoms with van der Waals surface area (Å²) in [7, 11) is 0. The van der Waals surface area contributed by atoms with Gasteiger partial charge in [-0.3, -0.25) is 19.1 Å². The lowest BCUT2D eigenvalue weighted by Gasteiger charge is -2.44. The van der Waals surface area contributed by atoms with Crippen LogP contribution in [-0.4, -0.2) is 34.3 Å². The first-order valence-electron chi connectivity index (χ1n) is 9.00. The van der Waals surface area contributed by atoms with E-state index in [0.717, 1.165) is 24.2 Å². The number of H-pyrrole nitrogens is 1. The third-order valence-electron chi connectivity index (χ3n) is 5.15. The number of benzene rings is 1. The van der Waals surface area contributed by atoms with Crippen LogP contribution < -0.4 is 21.3 Å². The molecule has 1 aromatic heterocycles. The van der Waals surface area contributed by atoms with E-state index >= 15 is 0 Å². The maximum atomic E-state index is 12.6. The van der Waals surface area contributed by atoms with Crippen molar-refractivity contribution in [3.63, 3.8) is 0 Å². The van der Waals surface area contributed by atoms with E-state index in [2.05, 4.69) is 10.3 Å². The largest absolute Gasteiger partial charge is 0.487 e. The molecule has 27 heavy (non-hydrogen) atoms. The molecule has 1 aromatic carbocycles. The van der Waals surface area contributed by atoms with Gasteiger partial charge < -0.3 is 14.8 Å². The minimum atomic E-state index is -0.606. The molecule has 142 valence electrons. The van der Waals surface area contributed by atoms with Gasteiger partial charge in [-0.1, -0.05) is 18.2 Å². The lowest BCUT2D eigenvalue weighted by atomic mass is 9.82. The number of ether oxygens (including phenoxy) is 2. The van der Waals surface area contributed by atoms with E-state index in [4.69, 9.17) is 9.47 Å². The van der Waals surface area contributed by atoms with Crippen molar-refractivity contribution in [2.45, 2.75) is 37.5 Å². The van der Waals surface area contributed by atoms with Crippen LogP contribution in [0.5, 0.6) is 5.75 Å². The lowest BCUT2D eigenvalue weighted by Crippen LogP contribution is -2.49. The van der Waals surface area contributed by atoms with E-state index in [1.165, 1.54) is 16.8 Å². The number of fused-ring (bicyclic) bond motifs is 1. The zero-order valence-corrected chi connectivity index (χ0v) is 14.8. The molecule has 1 amide bonds. The molecule has 2 aliphatic rings. The SMILES string of the molecule is O=C(Cn1ccc(=O)[nH]c1=O)N[C@H]1CC2(CCOCC2)Oc2ccccc21. The van der Waals surface area contributed by atoms with Crippen LogP contribution in [0.4, 0.5) is 0 Å². The Labute approximate surface area is 155 Å². The van der Waals surface area contributed by atoms with Crippen LogP contribution in [0.15, 0.2) is 46.1 Å². The Morgan fingerprint density at radius 1 is 1.22 bits per heavy atom. The van der Waals surface area contributed by atoms with Gasteiger partial charge in [0.15, 0.2) is 0 Å². The van der Waals surface area contributed by atoms with Crippen LogP contribution in [0.2, 0.25) is 0 Å². The normalized spacial score (nSPS) is 20.5. The van der Waals surface area contributed by atoms with Crippen molar-refractivity contribution in [1.82, 2.24) is 14.9 Å². The maximum Gasteiger partial charge on any atom is 0.328 e. The molecule has 0 unspecified atom stereocenters. The summed E-state index contributed by atoms with van der Waals surface area (Å²) in [4.78, 5) is 37.7. The van der Waals surface area contributed by atoms with Crippen LogP contribution in [0.1, 0.15) is 30.9 Å². The van der Waals surface area contributed by atoms with Crippen molar-refractivity contribution in [2.24, 2.45) is 0 Å². The van der Waals surface area contributed by atoms with Crippen molar-refractivity contribution in [2.75, 3.05) is 13.2 Å². The fourth-order valence-corrected chi connectivity index (χ4v) is 3.76. The number of nitrogens with zero attached hydrogens (tertiary/aromatic N) is 1. The molecule has 0 radical (unpaired) electrons. The number of rotatable bonds is 3. The van der Waals surface area contributed by atoms with E-state index in [1.807, 2.05) is 24.3 Å². The number of para-hydroxylation sites is 1. The Bertz CT molecular complexity index is 958. The summed E-state index contributed by atoms with van der Waals surface area (Å²) < 4.78 is 12.9. The fourth-order valence-electron chi connectivity index (χ4n) is 3.76. The Hall–Kier alpha value is -2.87. The second-order valence-electron chi connectivity index (χ2n) is 7.00. The average molecular weight is 371 g/mol. The Morgan fingerprint density at radius 3 is 2.78 bits per heavy atom. The van der Waals surface area contributed by atoms with Gasteiger partial charge in [-0.2, -0.15) is 0 Å². The summed E-state index contributed by atoms with van der Waals surface area (Å²) >= 11 is 0. The van der Waals surface area contributed by atoms with Gasteiger partial charge in [0, 0.05) is 37.1 Å². The molecule has 4 rings (SSSR count). The number of carbonyl (C=O) groups excluding carboxylic acids is 1. The zero-order chi connectivity index (χ0) is 18.9. The lowest BCUT2D eigenvalue weighted by molar-refractivity contribution is -0.123. The first-order valence-corrected chi connectivity index (χ1v) is 9.00. The highest BCUT2D eigenvalue weighted by Crippen LogP contribution is 2.43. The predicted octanol–water partition coefficient (Wildman–Crippen LogP) is 0.726. The van der Waals surface area contributed by atoms with Crippen molar-refractivity contribution >= 4 is 5.91 Å². The maximum absolute atomic E-state index is 12.6. The van der Waals surface area contributed by atoms with Crippen molar-refractivity contribution < 1.29 is 14.3 Å². The highest BCUT2D eigenvalue weighted by molar-refractivity contribution is 5.76. The highest BCUT2D eigenvalue weighted by Gasteiger charge is 2.42. The average Bonchev–Trinajstić information content (AvgIpc) is 2.64. The zero-order valence-electron chi connectivity index (χ0n) is 14.8. The minimum absolute atomic E-state index is 0.161. The van der Waals surface area contributed by atoms with E-state index in [1.54, 1.807) is 0 Å². The first kappa shape index (κ1) is 17.5. The van der Waals surface area contributed by atoms with Crippen LogP contribution in [-0.2, 0) is 16.1 Å². The summed E-state index contributed by atoms with van der Waals surface area (Å²) in [6.07, 6.45) is 3.51. The molecule has 2 aliphatic heterocycles. The van der Waals surface area contributed by atoms with Crippen LogP contribution in [0.3, 0.4) is 0 Å². The summed E-state index contributed by atoms with van der Waals surface area (Å²) in [5, 5.41) is 3.03. The van der Waals surface area contributed by atoms with Gasteiger partial charge in [0.05, 0.1) is 19.3 Å². The van der Waals surface area contributed by atoms with Crippen LogP contribution in [0, 0.1) is 0 Å². The molecule has 8 nitrogen and oxygen atoms in total. The van der Waals surface area contributed by atoms with Crippen molar-refractivity contribution in [3.8, 4) is 5.75 Å². The molecular formula is C19H21N3O5. The molecule has 0 bridgehead atoms. The van der Waals surface area contributed by atoms with Gasteiger partial charge in [-0.15, -0.1) is 0 Å². The predicted molar refractivity (Wildman–Crippen MR) is 96.7 cm³/mol. The number of nitrogens with one attached hydrogen (secondary N) is 2. The van der Waals surface area contributed by atoms with Crippen molar-refractivity contribution in [1.29, 1.82) is 0 Å². The molecular weight excluding hydrogens is 350 g/mol. The minimum Gasteiger partial charge on any atom is -0.487 e. The summed E-state index contributed by atoms with van der Waals surface area (Å²) in [6.45, 7) is 1.11. The molecule has 2 aromatic rings. The van der Waals surface area contributed by atoms with Crippen molar-refractivity contribution in [3.05, 3.63) is 62.9 Å². The number of carbonyl (C=O) groups is 1. The summed E-state index contributed by atoms with van der Waals surface area (Å²) in [5.74, 6) is 0.477. The number of aromatic amines is 1. The van der Waals surface area contributed by atoms with Gasteiger partial charge in [0.25, 0.3) is 5.56 Å². The number of aromatic nitrogens is 2. The summed E-state index contributed by atoms with van der Waals surface area (Å²) in [5.41, 5.74) is -0.515. The standard InChI is InChI=1S/C19H21N3O5/c23-16-5-8-22(18(25)21-16)12-17(24)20-14-11-19(6-9-26-10-7-19)27-15-4-2-1-3-13(14)15/h1-5,8,14H,6-7,9-12H2,(H,20,24)(H,21,23,25)/t14-/m0/s1. The Morgan fingerprint density at radius 2 is 2.00 bits per heavy atom. The van der Waals surface area contributed by atoms with Crippen LogP contribution in [0.25, 0.3) is 0 Å². The smallest absolute Gasteiger partial charge is 0.328 e. The number of hydrogen-bond donors (Lipinski definition) is 2. The van der Waals surface area contributed by atoms with Crippen LogP contribution >= 0.6 is 0 Å². The molecule has 0 saturated carbocycles. The Kier molecular flexibility index (Phi) is 4.57. The fraction of sp³-hybridized carbons (Fsp3) is 0.421. The quantitative estimate of drug-likeness (QED) is 0.828. The Balaban J connectivity index is 1.55. The molecule has 2 N–H and O–H groups in total. The molecule has 1 atom stereocenters. The topological polar surface area (TPSA) is 102 Å². The second-order valence-corrected chi connectivity index (χ2v) is 7.00. The number of hydrogen-bond acceptors (Lipinski definition) is 5.